The Morgan fingerprint density at radius 1 is 1.06 bits per heavy atom. The fraction of sp³-hybridized carbons (Fsp3) is 0.852. The predicted molar refractivity (Wildman–Crippen MR) is 121 cm³/mol. The van der Waals surface area contributed by atoms with E-state index in [-0.39, 0.29) is 28.4 Å². The van der Waals surface area contributed by atoms with Crippen molar-refractivity contribution >= 4 is 11.9 Å². The SMILES string of the molecule is C/C=C1/C(=O)C[C@@]2(C)[C@@H]3CC[C@H]4C(C)(C)[C@@H](NC(=O)OCC)CC[C@@]45C[C@@]35CC[C@]12C. The van der Waals surface area contributed by atoms with Crippen LogP contribution in [0.15, 0.2) is 11.6 Å². The molecule has 31 heavy (non-hydrogen) atoms. The van der Waals surface area contributed by atoms with Gasteiger partial charge in [-0.05, 0) is 97.9 Å². The molecular formula is C27H41NO3. The minimum atomic E-state index is -0.264. The summed E-state index contributed by atoms with van der Waals surface area (Å²) in [4.78, 5) is 25.2. The number of nitrogens with one attached hydrogen (secondary N) is 1. The second-order valence-corrected chi connectivity index (χ2v) is 12.5. The molecule has 4 heteroatoms. The predicted octanol–water partition coefficient (Wildman–Crippen LogP) is 6.05. The molecule has 0 saturated heterocycles. The van der Waals surface area contributed by atoms with Crippen molar-refractivity contribution in [2.75, 3.05) is 6.61 Å². The number of ether oxygens (including phenoxy) is 1. The molecule has 1 N–H and O–H groups in total. The number of amides is 1. The molecule has 0 aromatic rings. The number of carbonyl (C=O) groups excluding carboxylic acids is 2. The summed E-state index contributed by atoms with van der Waals surface area (Å²) in [6, 6.07) is 0.184. The van der Waals surface area contributed by atoms with Crippen LogP contribution in [0.25, 0.3) is 0 Å². The third-order valence-corrected chi connectivity index (χ3v) is 11.6. The molecule has 1 amide bonds. The zero-order chi connectivity index (χ0) is 22.4. The van der Waals surface area contributed by atoms with Gasteiger partial charge in [-0.1, -0.05) is 33.8 Å². The lowest BCUT2D eigenvalue weighted by molar-refractivity contribution is -0.129. The second kappa shape index (κ2) is 6.38. The van der Waals surface area contributed by atoms with Crippen LogP contribution in [0.5, 0.6) is 0 Å². The van der Waals surface area contributed by atoms with Gasteiger partial charge in [-0.3, -0.25) is 4.79 Å². The van der Waals surface area contributed by atoms with Crippen LogP contribution in [0.3, 0.4) is 0 Å². The van der Waals surface area contributed by atoms with Crippen molar-refractivity contribution in [1.82, 2.24) is 5.32 Å². The first-order valence-corrected chi connectivity index (χ1v) is 12.7. The molecule has 5 aliphatic rings. The largest absolute Gasteiger partial charge is 0.450 e. The summed E-state index contributed by atoms with van der Waals surface area (Å²) in [5.74, 6) is 1.70. The van der Waals surface area contributed by atoms with Gasteiger partial charge in [-0.15, -0.1) is 0 Å². The van der Waals surface area contributed by atoms with Gasteiger partial charge in [0.05, 0.1) is 6.61 Å². The van der Waals surface area contributed by atoms with Gasteiger partial charge in [-0.2, -0.15) is 0 Å². The van der Waals surface area contributed by atoms with E-state index in [9.17, 15) is 9.59 Å². The molecule has 0 heterocycles. The van der Waals surface area contributed by atoms with E-state index in [4.69, 9.17) is 4.74 Å². The maximum absolute atomic E-state index is 13.0. The van der Waals surface area contributed by atoms with Gasteiger partial charge in [-0.25, -0.2) is 4.79 Å². The Morgan fingerprint density at radius 3 is 2.42 bits per heavy atom. The Labute approximate surface area is 187 Å². The molecule has 172 valence electrons. The first-order chi connectivity index (χ1) is 14.5. The average Bonchev–Trinajstić information content (AvgIpc) is 3.30. The van der Waals surface area contributed by atoms with E-state index in [1.165, 1.54) is 32.1 Å². The van der Waals surface area contributed by atoms with E-state index in [1.54, 1.807) is 0 Å². The number of carbonyl (C=O) groups is 2. The summed E-state index contributed by atoms with van der Waals surface area (Å²) < 4.78 is 5.21. The number of hydrogen-bond acceptors (Lipinski definition) is 3. The first-order valence-electron chi connectivity index (χ1n) is 12.7. The highest BCUT2D eigenvalue weighted by Gasteiger charge is 2.82. The lowest BCUT2D eigenvalue weighted by atomic mass is 9.42. The second-order valence-electron chi connectivity index (χ2n) is 12.5. The number of hydrogen-bond donors (Lipinski definition) is 1. The highest BCUT2D eigenvalue weighted by atomic mass is 16.5. The van der Waals surface area contributed by atoms with Crippen molar-refractivity contribution in [2.24, 2.45) is 38.9 Å². The van der Waals surface area contributed by atoms with Crippen LogP contribution in [0.1, 0.15) is 92.9 Å². The maximum atomic E-state index is 13.0. The van der Waals surface area contributed by atoms with Crippen molar-refractivity contribution in [1.29, 1.82) is 0 Å². The van der Waals surface area contributed by atoms with Crippen LogP contribution in [-0.2, 0) is 9.53 Å². The normalized spacial score (nSPS) is 50.7. The van der Waals surface area contributed by atoms with Gasteiger partial charge in [0.2, 0.25) is 0 Å². The number of allylic oxidation sites excluding steroid dienone is 2. The number of rotatable bonds is 2. The van der Waals surface area contributed by atoms with E-state index in [0.29, 0.717) is 35.1 Å². The lowest BCUT2D eigenvalue weighted by Gasteiger charge is -2.62. The summed E-state index contributed by atoms with van der Waals surface area (Å²) in [6.45, 7) is 14.0. The van der Waals surface area contributed by atoms with Crippen molar-refractivity contribution in [2.45, 2.75) is 99.0 Å². The highest BCUT2D eigenvalue weighted by Crippen LogP contribution is 2.88. The van der Waals surface area contributed by atoms with Crippen molar-refractivity contribution in [3.8, 4) is 0 Å². The standard InChI is InChI=1S/C27H41NO3/c1-7-17-18(29)15-25(6)20-10-9-19-23(3,4)21(28-22(30)31-8-2)11-12-26(19)16-27(20,26)14-13-24(17,25)5/h7,19-21H,8-16H2,1-6H3,(H,28,30)/b17-7-/t19-,20-,21-,24+,25-,26+,27-/m0/s1. The van der Waals surface area contributed by atoms with E-state index >= 15 is 0 Å². The maximum Gasteiger partial charge on any atom is 0.407 e. The van der Waals surface area contributed by atoms with Crippen LogP contribution < -0.4 is 5.32 Å². The van der Waals surface area contributed by atoms with Crippen LogP contribution in [0, 0.1) is 38.9 Å². The summed E-state index contributed by atoms with van der Waals surface area (Å²) in [5, 5.41) is 3.20. The van der Waals surface area contributed by atoms with Crippen molar-refractivity contribution < 1.29 is 14.3 Å². The molecule has 4 nitrogen and oxygen atoms in total. The molecule has 5 rings (SSSR count). The minimum Gasteiger partial charge on any atom is -0.450 e. The smallest absolute Gasteiger partial charge is 0.407 e. The third-order valence-electron chi connectivity index (χ3n) is 11.6. The fourth-order valence-corrected chi connectivity index (χ4v) is 10.1. The quantitative estimate of drug-likeness (QED) is 0.546. The molecule has 2 spiro atoms. The van der Waals surface area contributed by atoms with Crippen LogP contribution in [0.2, 0.25) is 0 Å². The summed E-state index contributed by atoms with van der Waals surface area (Å²) in [7, 11) is 0. The van der Waals surface area contributed by atoms with Crippen LogP contribution in [0.4, 0.5) is 4.79 Å². The molecule has 0 aromatic carbocycles. The van der Waals surface area contributed by atoms with E-state index < -0.39 is 0 Å². The van der Waals surface area contributed by atoms with Crippen LogP contribution in [-0.4, -0.2) is 24.5 Å². The Morgan fingerprint density at radius 2 is 1.74 bits per heavy atom. The van der Waals surface area contributed by atoms with Crippen molar-refractivity contribution in [3.63, 3.8) is 0 Å². The Bertz CT molecular complexity index is 861. The number of alkyl carbamates (subject to hydrolysis) is 1. The van der Waals surface area contributed by atoms with E-state index in [1.807, 2.05) is 6.92 Å². The summed E-state index contributed by atoms with van der Waals surface area (Å²) >= 11 is 0. The first kappa shape index (κ1) is 21.5. The molecule has 5 fully saturated rings. The molecule has 0 radical (unpaired) electrons. The molecule has 7 atom stereocenters. The Hall–Kier alpha value is -1.32. The minimum absolute atomic E-state index is 0.0452. The molecular weight excluding hydrogens is 386 g/mol. The summed E-state index contributed by atoms with van der Waals surface area (Å²) in [6.07, 6.45) is 11.1. The number of ketones is 1. The Kier molecular flexibility index (Phi) is 4.43. The van der Waals surface area contributed by atoms with E-state index in [0.717, 1.165) is 24.8 Å². The number of Topliss-reactive ketones (excluding diaryl/α,β-unsaturated/α-hetero) is 1. The molecule has 0 aromatic heterocycles. The molecule has 0 unspecified atom stereocenters. The molecule has 0 aliphatic heterocycles. The zero-order valence-corrected chi connectivity index (χ0v) is 20.4. The third kappa shape index (κ3) is 2.38. The number of fused-ring (bicyclic) bond motifs is 2. The molecule has 5 aliphatic carbocycles. The topological polar surface area (TPSA) is 55.4 Å². The van der Waals surface area contributed by atoms with Gasteiger partial charge in [0.1, 0.15) is 0 Å². The highest BCUT2D eigenvalue weighted by molar-refractivity contribution is 6.00. The van der Waals surface area contributed by atoms with Gasteiger partial charge in [0.25, 0.3) is 0 Å². The lowest BCUT2D eigenvalue weighted by Crippen LogP contribution is -2.59. The van der Waals surface area contributed by atoms with Crippen molar-refractivity contribution in [3.05, 3.63) is 11.6 Å². The molecule has 5 saturated carbocycles. The monoisotopic (exact) mass is 427 g/mol. The molecule has 0 bridgehead atoms. The van der Waals surface area contributed by atoms with Gasteiger partial charge < -0.3 is 10.1 Å². The van der Waals surface area contributed by atoms with Gasteiger partial charge >= 0.3 is 6.09 Å². The Balaban J connectivity index is 1.46. The zero-order valence-electron chi connectivity index (χ0n) is 20.4. The van der Waals surface area contributed by atoms with E-state index in [2.05, 4.69) is 46.0 Å². The fourth-order valence-electron chi connectivity index (χ4n) is 10.1. The van der Waals surface area contributed by atoms with Gasteiger partial charge in [0, 0.05) is 17.9 Å². The van der Waals surface area contributed by atoms with Gasteiger partial charge in [0.15, 0.2) is 5.78 Å². The van der Waals surface area contributed by atoms with Crippen LogP contribution >= 0.6 is 0 Å². The average molecular weight is 428 g/mol. The summed E-state index contributed by atoms with van der Waals surface area (Å²) in [5.41, 5.74) is 2.16.